The van der Waals surface area contributed by atoms with E-state index in [0.717, 1.165) is 6.42 Å². The Morgan fingerprint density at radius 3 is 2.24 bits per heavy atom. The Balaban J connectivity index is 2.70. The maximum absolute atomic E-state index is 3.44. The van der Waals surface area contributed by atoms with Crippen molar-refractivity contribution in [1.29, 1.82) is 0 Å². The normalized spacial score (nSPS) is 13.8. The fraction of sp³-hybridized carbons (Fsp3) is 0.625. The van der Waals surface area contributed by atoms with Gasteiger partial charge in [0, 0.05) is 6.04 Å². The molecule has 1 heteroatoms. The van der Waals surface area contributed by atoms with Gasteiger partial charge in [-0.25, -0.2) is 0 Å². The second-order valence-corrected chi connectivity index (χ2v) is 6.37. The first-order valence-electron chi connectivity index (χ1n) is 6.55. The SMILES string of the molecule is CNC(Cc1ccc(C)c(C)c1)CC(C)(C)C. The molecule has 0 saturated heterocycles. The minimum Gasteiger partial charge on any atom is -0.317 e. The fourth-order valence-corrected chi connectivity index (χ4v) is 2.23. The molecule has 96 valence electrons. The Kier molecular flexibility index (Phi) is 4.76. The minimum atomic E-state index is 0.382. The summed E-state index contributed by atoms with van der Waals surface area (Å²) in [7, 11) is 2.07. The quantitative estimate of drug-likeness (QED) is 0.832. The molecule has 17 heavy (non-hydrogen) atoms. The predicted octanol–water partition coefficient (Wildman–Crippen LogP) is 3.87. The molecule has 1 unspecified atom stereocenters. The molecular weight excluding hydrogens is 206 g/mol. The van der Waals surface area contributed by atoms with Crippen LogP contribution in [-0.2, 0) is 6.42 Å². The summed E-state index contributed by atoms with van der Waals surface area (Å²) in [4.78, 5) is 0. The summed E-state index contributed by atoms with van der Waals surface area (Å²) in [5, 5.41) is 3.44. The molecule has 1 atom stereocenters. The third-order valence-electron chi connectivity index (χ3n) is 3.32. The molecule has 0 aliphatic heterocycles. The maximum Gasteiger partial charge on any atom is 0.0109 e. The molecule has 1 nitrogen and oxygen atoms in total. The highest BCUT2D eigenvalue weighted by Crippen LogP contribution is 2.23. The molecule has 0 aliphatic carbocycles. The van der Waals surface area contributed by atoms with Gasteiger partial charge in [0.2, 0.25) is 0 Å². The van der Waals surface area contributed by atoms with Gasteiger partial charge in [0.05, 0.1) is 0 Å². The van der Waals surface area contributed by atoms with Crippen LogP contribution in [-0.4, -0.2) is 13.1 Å². The van der Waals surface area contributed by atoms with Crippen molar-refractivity contribution in [2.75, 3.05) is 7.05 Å². The third-order valence-corrected chi connectivity index (χ3v) is 3.32. The highest BCUT2D eigenvalue weighted by molar-refractivity contribution is 5.30. The maximum atomic E-state index is 3.44. The molecule has 0 spiro atoms. The topological polar surface area (TPSA) is 12.0 Å². The van der Waals surface area contributed by atoms with Crippen molar-refractivity contribution in [1.82, 2.24) is 5.32 Å². The first-order valence-corrected chi connectivity index (χ1v) is 6.55. The molecule has 0 radical (unpaired) electrons. The van der Waals surface area contributed by atoms with Gasteiger partial charge in [-0.1, -0.05) is 39.0 Å². The van der Waals surface area contributed by atoms with Gasteiger partial charge in [0.25, 0.3) is 0 Å². The van der Waals surface area contributed by atoms with E-state index in [9.17, 15) is 0 Å². The molecule has 0 bridgehead atoms. The summed E-state index contributed by atoms with van der Waals surface area (Å²) in [6.45, 7) is 11.3. The molecule has 0 saturated carbocycles. The number of likely N-dealkylation sites (N-methyl/N-ethyl adjacent to an activating group) is 1. The molecule has 0 fully saturated rings. The summed E-state index contributed by atoms with van der Waals surface area (Å²) >= 11 is 0. The number of hydrogen-bond donors (Lipinski definition) is 1. The molecule has 1 aromatic rings. The molecule has 1 aromatic carbocycles. The van der Waals surface area contributed by atoms with Crippen molar-refractivity contribution in [2.45, 2.75) is 53.5 Å². The van der Waals surface area contributed by atoms with E-state index < -0.39 is 0 Å². The summed E-state index contributed by atoms with van der Waals surface area (Å²) in [6.07, 6.45) is 2.32. The van der Waals surface area contributed by atoms with Crippen molar-refractivity contribution in [3.63, 3.8) is 0 Å². The smallest absolute Gasteiger partial charge is 0.0109 e. The van der Waals surface area contributed by atoms with Gasteiger partial charge in [0.1, 0.15) is 0 Å². The Morgan fingerprint density at radius 2 is 1.76 bits per heavy atom. The van der Waals surface area contributed by atoms with E-state index in [1.54, 1.807) is 0 Å². The van der Waals surface area contributed by atoms with E-state index in [-0.39, 0.29) is 0 Å². The lowest BCUT2D eigenvalue weighted by Crippen LogP contribution is -2.32. The van der Waals surface area contributed by atoms with Crippen molar-refractivity contribution in [3.8, 4) is 0 Å². The number of benzene rings is 1. The highest BCUT2D eigenvalue weighted by Gasteiger charge is 2.17. The van der Waals surface area contributed by atoms with E-state index in [1.165, 1.54) is 23.1 Å². The lowest BCUT2D eigenvalue weighted by molar-refractivity contribution is 0.316. The van der Waals surface area contributed by atoms with Gasteiger partial charge in [-0.05, 0) is 55.8 Å². The zero-order chi connectivity index (χ0) is 13.1. The van der Waals surface area contributed by atoms with E-state index in [0.29, 0.717) is 11.5 Å². The van der Waals surface area contributed by atoms with Crippen LogP contribution >= 0.6 is 0 Å². The minimum absolute atomic E-state index is 0.382. The van der Waals surface area contributed by atoms with Crippen molar-refractivity contribution >= 4 is 0 Å². The number of hydrogen-bond acceptors (Lipinski definition) is 1. The van der Waals surface area contributed by atoms with Crippen molar-refractivity contribution in [3.05, 3.63) is 34.9 Å². The Morgan fingerprint density at radius 1 is 1.12 bits per heavy atom. The van der Waals surface area contributed by atoms with Gasteiger partial charge in [0.15, 0.2) is 0 Å². The van der Waals surface area contributed by atoms with Gasteiger partial charge < -0.3 is 5.32 Å². The summed E-state index contributed by atoms with van der Waals surface area (Å²) in [5.74, 6) is 0. The number of nitrogens with one attached hydrogen (secondary N) is 1. The van der Waals surface area contributed by atoms with Gasteiger partial charge in [-0.3, -0.25) is 0 Å². The Bertz CT molecular complexity index is 360. The van der Waals surface area contributed by atoms with Gasteiger partial charge in [-0.15, -0.1) is 0 Å². The van der Waals surface area contributed by atoms with Crippen LogP contribution in [0.4, 0.5) is 0 Å². The van der Waals surface area contributed by atoms with Crippen LogP contribution in [0.15, 0.2) is 18.2 Å². The van der Waals surface area contributed by atoms with Crippen LogP contribution in [0.3, 0.4) is 0 Å². The zero-order valence-electron chi connectivity index (χ0n) is 12.2. The Hall–Kier alpha value is -0.820. The van der Waals surface area contributed by atoms with E-state index in [1.807, 2.05) is 0 Å². The van der Waals surface area contributed by atoms with E-state index in [4.69, 9.17) is 0 Å². The van der Waals surface area contributed by atoms with E-state index in [2.05, 4.69) is 65.2 Å². The number of aryl methyl sites for hydroxylation is 2. The second-order valence-electron chi connectivity index (χ2n) is 6.37. The van der Waals surface area contributed by atoms with Crippen LogP contribution in [0.5, 0.6) is 0 Å². The van der Waals surface area contributed by atoms with Crippen molar-refractivity contribution < 1.29 is 0 Å². The number of rotatable bonds is 4. The first kappa shape index (κ1) is 14.2. The average molecular weight is 233 g/mol. The molecule has 0 heterocycles. The first-order chi connectivity index (χ1) is 7.81. The molecule has 1 rings (SSSR count). The third kappa shape index (κ3) is 4.91. The largest absolute Gasteiger partial charge is 0.317 e. The highest BCUT2D eigenvalue weighted by atomic mass is 14.9. The summed E-state index contributed by atoms with van der Waals surface area (Å²) in [5.41, 5.74) is 4.60. The lowest BCUT2D eigenvalue weighted by Gasteiger charge is -2.26. The Labute approximate surface area is 107 Å². The van der Waals surface area contributed by atoms with Gasteiger partial charge in [-0.2, -0.15) is 0 Å². The molecule has 0 amide bonds. The van der Waals surface area contributed by atoms with Crippen LogP contribution in [0.1, 0.15) is 43.9 Å². The van der Waals surface area contributed by atoms with E-state index >= 15 is 0 Å². The van der Waals surface area contributed by atoms with Crippen LogP contribution in [0, 0.1) is 19.3 Å². The van der Waals surface area contributed by atoms with Crippen molar-refractivity contribution in [2.24, 2.45) is 5.41 Å². The predicted molar refractivity (Wildman–Crippen MR) is 76.5 cm³/mol. The van der Waals surface area contributed by atoms with Crippen LogP contribution in [0.2, 0.25) is 0 Å². The van der Waals surface area contributed by atoms with Gasteiger partial charge >= 0.3 is 0 Å². The summed E-state index contributed by atoms with van der Waals surface area (Å²) < 4.78 is 0. The van der Waals surface area contributed by atoms with Crippen LogP contribution < -0.4 is 5.32 Å². The lowest BCUT2D eigenvalue weighted by atomic mass is 9.85. The standard InChI is InChI=1S/C16H27N/c1-12-7-8-14(9-13(12)2)10-15(17-6)11-16(3,4)5/h7-9,15,17H,10-11H2,1-6H3. The molecule has 0 aliphatic rings. The second kappa shape index (κ2) is 5.68. The summed E-state index contributed by atoms with van der Waals surface area (Å²) in [6, 6.07) is 7.38. The molecule has 1 N–H and O–H groups in total. The average Bonchev–Trinajstić information content (AvgIpc) is 2.20. The molecule has 0 aromatic heterocycles. The fourth-order valence-electron chi connectivity index (χ4n) is 2.23. The monoisotopic (exact) mass is 233 g/mol. The zero-order valence-corrected chi connectivity index (χ0v) is 12.2. The molecular formula is C16H27N. The van der Waals surface area contributed by atoms with Crippen LogP contribution in [0.25, 0.3) is 0 Å².